The molecule has 1 aliphatic carbocycles. The number of methoxy groups -OCH3 is 1. The van der Waals surface area contributed by atoms with Crippen molar-refractivity contribution in [3.05, 3.63) is 271 Å². The van der Waals surface area contributed by atoms with E-state index in [0.29, 0.717) is 170 Å². The second-order valence-electron chi connectivity index (χ2n) is 36.9. The minimum atomic E-state index is -0.502. The predicted octanol–water partition coefficient (Wildman–Crippen LogP) is 22.3. The lowest BCUT2D eigenvalue weighted by Gasteiger charge is -2.18. The van der Waals surface area contributed by atoms with Crippen molar-refractivity contribution in [3.63, 3.8) is 0 Å². The third-order valence-electron chi connectivity index (χ3n) is 26.3. The summed E-state index contributed by atoms with van der Waals surface area (Å²) in [6.07, 6.45) is 30.6. The zero-order valence-corrected chi connectivity index (χ0v) is 85.4. The largest absolute Gasteiger partial charge is 0.507 e. The molecule has 1 saturated carbocycles. The van der Waals surface area contributed by atoms with Crippen molar-refractivity contribution in [1.29, 1.82) is 0 Å². The molecule has 10 aromatic rings. The zero-order chi connectivity index (χ0) is 106. The molecule has 18 rings (SSSR count). The quantitative estimate of drug-likeness (QED) is 0.0149. The van der Waals surface area contributed by atoms with Gasteiger partial charge in [0.25, 0.3) is 47.0 Å². The van der Waals surface area contributed by atoms with Crippen LogP contribution in [-0.2, 0) is 33.6 Å². The molecule has 32 nitrogen and oxygen atoms in total. The fraction of sp³-hybridized carbons (Fsp3) is 0.301. The molecule has 0 spiro atoms. The van der Waals surface area contributed by atoms with E-state index in [9.17, 15) is 84.5 Å². The Morgan fingerprint density at radius 1 is 0.434 bits per heavy atom. The van der Waals surface area contributed by atoms with E-state index in [1.165, 1.54) is 63.0 Å². The van der Waals surface area contributed by atoms with Gasteiger partial charge in [0.2, 0.25) is 0 Å². The number of hydrogen-bond donors (Lipinski definition) is 15. The second kappa shape index (κ2) is 45.9. The number of fused-ring (bicyclic) bond motifs is 7. The molecular weight excluding hydrogens is 1840 g/mol. The lowest BCUT2D eigenvalue weighted by Crippen LogP contribution is -2.08. The molecule has 13 heterocycles. The first-order chi connectivity index (χ1) is 68.8. The van der Waals surface area contributed by atoms with Crippen molar-refractivity contribution in [1.82, 2.24) is 29.9 Å². The van der Waals surface area contributed by atoms with Gasteiger partial charge in [0, 0.05) is 106 Å². The summed E-state index contributed by atoms with van der Waals surface area (Å²) in [5.74, 6) is 4.03. The van der Waals surface area contributed by atoms with Gasteiger partial charge in [0.05, 0.1) is 74.1 Å². The molecular formula is C113H124N14O18. The Bertz CT molecular complexity index is 7260. The molecule has 754 valence electrons. The van der Waals surface area contributed by atoms with Gasteiger partial charge in [0.15, 0.2) is 11.5 Å². The maximum atomic E-state index is 12.2. The molecule has 0 radical (unpaired) electrons. The normalized spacial score (nSPS) is 16.1. The number of nitrogens with one attached hydrogen (secondary N) is 7. The molecule has 0 atom stereocenters. The highest BCUT2D eigenvalue weighted by Gasteiger charge is 2.38. The summed E-state index contributed by atoms with van der Waals surface area (Å²) in [5.41, 5.74) is 22.3. The van der Waals surface area contributed by atoms with Crippen LogP contribution in [0.15, 0.2) is 121 Å². The molecule has 0 saturated heterocycles. The number of allylic oxidation sites excluding steroid dienone is 8. The van der Waals surface area contributed by atoms with E-state index in [1.54, 1.807) is 124 Å². The van der Waals surface area contributed by atoms with E-state index in [1.807, 2.05) is 103 Å². The average molecular weight is 1970 g/mol. The highest BCUT2D eigenvalue weighted by atomic mass is 16.6. The van der Waals surface area contributed by atoms with Crippen LogP contribution < -0.4 is 42.0 Å². The Hall–Kier alpha value is -16.7. The van der Waals surface area contributed by atoms with Crippen molar-refractivity contribution >= 4 is 145 Å². The van der Waals surface area contributed by atoms with Gasteiger partial charge in [-0.1, -0.05) is 143 Å². The number of aromatic hydroxyl groups is 8. The standard InChI is InChI=1S/C19H18N2O4.C17H16N2O2.C16H13N3O4.C16H20N2O2.C16H21NO2.C15H20N2O2.C14H16N2O2/c1-10-16-13(19(24)21-18(16)20-11(2)17(10)23)6-4-5-12-7-8-14(22)15(9-12)25-3;1-9-4-6-12(7-5-9)8-13-14-10(2)15(20)11(3)18-16(14)19-17(13)21;1-8-13-11(7-10-5-3-4-6-12(10)19(22)23)16(21)18-15(13)17-9(2)14(8)20;1-9-13-12(8-11-6-4-3-5-7-11)16(20)18-15(13)17-10(2)14(9)19;1-4-5-6-7-8-12-14-11(3)15(18)10(2)9-13(14)17-16(12)19;1-5-10(6-2)7-11-12-8(3)13(18)9(4)16-14(12)17-15(11)19;1-7(2)5-6-10-11-8(3)12(17)9(4)15-13(11)16-14(10)18/h4-9,22-23H,1-3H3,(H,20,21,24);4-8,20H,1-3H3,(H,18,19,21);3-7,20H,1-2H3,(H,17,18,21);8,11,19H,3-7H2,1-2H3,(H,17,18,20);8-9,18H,4-7H2,1-3H3,(H,17,19);7,10,18H,5-6H2,1-4H3,(H,16,17,19);5-6,17H,1-4H3,(H,15,16,18)/b5-4+,13-6-;13-8-;11-7-;2*12-8-;11-7-;10-6-. The van der Waals surface area contributed by atoms with E-state index < -0.39 is 10.8 Å². The molecule has 145 heavy (non-hydrogen) atoms. The molecule has 6 aromatic heterocycles. The summed E-state index contributed by atoms with van der Waals surface area (Å²) in [5, 5.41) is 110. The first kappa shape index (κ1) is 107. The molecule has 32 heteroatoms. The first-order valence-electron chi connectivity index (χ1n) is 48.1. The number of hydrogen-bond acceptors (Lipinski definition) is 24. The van der Waals surface area contributed by atoms with Crippen LogP contribution in [0.1, 0.15) is 245 Å². The number of rotatable bonds is 15. The minimum absolute atomic E-state index is 0.00807. The van der Waals surface area contributed by atoms with Crippen molar-refractivity contribution < 1.29 is 84.1 Å². The van der Waals surface area contributed by atoms with Gasteiger partial charge >= 0.3 is 0 Å². The maximum Gasteiger partial charge on any atom is 0.276 e. The second-order valence-corrected chi connectivity index (χ2v) is 36.9. The molecule has 7 aliphatic heterocycles. The number of benzene rings is 4. The number of para-hydroxylation sites is 1. The molecule has 15 N–H and O–H groups in total. The Morgan fingerprint density at radius 3 is 1.26 bits per heavy atom. The molecule has 0 unspecified atom stereocenters. The van der Waals surface area contributed by atoms with Gasteiger partial charge in [-0.2, -0.15) is 0 Å². The minimum Gasteiger partial charge on any atom is -0.507 e. The third-order valence-corrected chi connectivity index (χ3v) is 26.3. The molecule has 8 aliphatic rings. The van der Waals surface area contributed by atoms with E-state index in [-0.39, 0.29) is 92.7 Å². The van der Waals surface area contributed by atoms with Gasteiger partial charge in [0.1, 0.15) is 75.2 Å². The summed E-state index contributed by atoms with van der Waals surface area (Å²) >= 11 is 0. The Balaban J connectivity index is 0.000000151. The molecule has 7 amide bonds. The van der Waals surface area contributed by atoms with E-state index in [4.69, 9.17) is 4.74 Å². The number of nitro benzene ring substituents is 1. The lowest BCUT2D eigenvalue weighted by atomic mass is 9.86. The molecule has 0 bridgehead atoms. The highest BCUT2D eigenvalue weighted by Crippen LogP contribution is 2.48. The van der Waals surface area contributed by atoms with Crippen molar-refractivity contribution in [2.45, 2.75) is 209 Å². The van der Waals surface area contributed by atoms with Gasteiger partial charge in [-0.3, -0.25) is 43.7 Å². The highest BCUT2D eigenvalue weighted by molar-refractivity contribution is 6.37. The van der Waals surface area contributed by atoms with Crippen LogP contribution in [0.5, 0.6) is 51.7 Å². The SMILES string of the molecule is CC(C)=C/C=C1\C(=O)Nc2nc(C)c(O)c(C)c21.CCC(/C=C1\C(=O)Nc2nc(C)c(O)c(C)c21)CC.CCCCC/C=C1\C(=O)Nc2cc(C)c(O)c(C)c21.COc1cc(/C=C/C=C2\C(=O)Nc3nc(C)c(O)c(C)c32)ccc1O.Cc1ccc(/C=C2\C(=O)Nc3nc(C)c(O)c(C)c32)cc1.Cc1nc2c(c(C)c1O)/C(=C/C1CCCCC1)C(=O)N2.Cc1nc2c(c(C)c1O)/C(=C/c1ccccc1[N+](=O)[O-])C(=O)N2. The van der Waals surface area contributed by atoms with Gasteiger partial charge in [-0.05, 0) is 233 Å². The summed E-state index contributed by atoms with van der Waals surface area (Å²) in [4.78, 5) is 121. The number of aromatic nitrogens is 6. The summed E-state index contributed by atoms with van der Waals surface area (Å²) in [6.45, 7) is 37.0. The van der Waals surface area contributed by atoms with E-state index in [0.717, 1.165) is 99.9 Å². The van der Waals surface area contributed by atoms with Crippen LogP contribution in [-0.4, -0.2) is 124 Å². The van der Waals surface area contributed by atoms with Crippen LogP contribution in [0.25, 0.3) is 57.2 Å². The number of carbonyl (C=O) groups excluding carboxylic acids is 7. The van der Waals surface area contributed by atoms with Gasteiger partial charge in [-0.15, -0.1) is 0 Å². The number of amides is 7. The Kier molecular flexibility index (Phi) is 34.0. The van der Waals surface area contributed by atoms with Crippen molar-refractivity contribution in [2.75, 3.05) is 44.3 Å². The topological polar surface area (TPSA) is 495 Å². The fourth-order valence-corrected chi connectivity index (χ4v) is 18.1. The Morgan fingerprint density at radius 2 is 0.821 bits per heavy atom. The molecule has 4 aromatic carbocycles. The molecule has 1 fully saturated rings. The van der Waals surface area contributed by atoms with Crippen LogP contribution in [0, 0.1) is 126 Å². The smallest absolute Gasteiger partial charge is 0.276 e. The number of pyridine rings is 6. The summed E-state index contributed by atoms with van der Waals surface area (Å²) in [6, 6.07) is 20.9. The van der Waals surface area contributed by atoms with Crippen LogP contribution in [0.3, 0.4) is 0 Å². The maximum absolute atomic E-state index is 12.2. The lowest BCUT2D eigenvalue weighted by molar-refractivity contribution is -0.385. The van der Waals surface area contributed by atoms with E-state index in [2.05, 4.69) is 94.0 Å². The van der Waals surface area contributed by atoms with Crippen LogP contribution in [0.2, 0.25) is 0 Å². The number of phenols is 2. The number of anilines is 7. The summed E-state index contributed by atoms with van der Waals surface area (Å²) in [7, 11) is 1.48. The number of unbranched alkanes of at least 4 members (excludes halogenated alkanes) is 3. The van der Waals surface area contributed by atoms with Gasteiger partial charge in [-0.25, -0.2) is 29.9 Å². The number of ether oxygens (including phenoxy) is 1. The third kappa shape index (κ3) is 23.4. The number of aryl methyl sites for hydroxylation is 8. The number of carbonyl (C=O) groups is 7. The monoisotopic (exact) mass is 1960 g/mol. The average Bonchev–Trinajstić information content (AvgIpc) is 1.28. The summed E-state index contributed by atoms with van der Waals surface area (Å²) < 4.78 is 5.07. The number of phenolic OH excluding ortho intramolecular Hbond substituents is 2. The van der Waals surface area contributed by atoms with Crippen molar-refractivity contribution in [3.8, 4) is 51.7 Å². The van der Waals surface area contributed by atoms with Gasteiger partial charge < -0.3 is 82.8 Å². The first-order valence-corrected chi connectivity index (χ1v) is 48.1. The van der Waals surface area contributed by atoms with E-state index >= 15 is 0 Å². The van der Waals surface area contributed by atoms with Crippen LogP contribution >= 0.6 is 0 Å². The van der Waals surface area contributed by atoms with Crippen LogP contribution in [0.4, 0.5) is 46.3 Å². The Labute approximate surface area is 842 Å². The predicted molar refractivity (Wildman–Crippen MR) is 568 cm³/mol. The fourth-order valence-electron chi connectivity index (χ4n) is 18.1. The number of nitrogens with zero attached hydrogens (tertiary/aromatic N) is 7. The van der Waals surface area contributed by atoms with Crippen molar-refractivity contribution in [2.24, 2.45) is 11.8 Å². The number of nitro groups is 1. The zero-order valence-electron chi connectivity index (χ0n) is 85.4.